The molecule has 1 aromatic rings. The lowest BCUT2D eigenvalue weighted by Gasteiger charge is -2.27. The van der Waals surface area contributed by atoms with E-state index in [2.05, 4.69) is 19.2 Å². The summed E-state index contributed by atoms with van der Waals surface area (Å²) in [6.45, 7) is 8.43. The lowest BCUT2D eigenvalue weighted by atomic mass is 9.96. The van der Waals surface area contributed by atoms with Crippen LogP contribution in [0.1, 0.15) is 39.7 Å². The first-order chi connectivity index (χ1) is 8.80. The van der Waals surface area contributed by atoms with E-state index in [4.69, 9.17) is 10.5 Å². The van der Waals surface area contributed by atoms with E-state index in [9.17, 15) is 4.79 Å². The third kappa shape index (κ3) is 5.64. The van der Waals surface area contributed by atoms with Gasteiger partial charge in [-0.15, -0.1) is 0 Å². The quantitative estimate of drug-likeness (QED) is 0.802. The van der Waals surface area contributed by atoms with Gasteiger partial charge in [0.25, 0.3) is 0 Å². The van der Waals surface area contributed by atoms with Gasteiger partial charge in [0.05, 0.1) is 0 Å². The topological polar surface area (TPSA) is 64.3 Å². The Morgan fingerprint density at radius 2 is 2.00 bits per heavy atom. The first kappa shape index (κ1) is 15.3. The number of carbonyl (C=O) groups is 1. The van der Waals surface area contributed by atoms with E-state index in [1.54, 1.807) is 0 Å². The van der Waals surface area contributed by atoms with Crippen molar-refractivity contribution in [3.05, 3.63) is 29.8 Å². The number of anilines is 1. The fourth-order valence-corrected chi connectivity index (χ4v) is 2.17. The van der Waals surface area contributed by atoms with Gasteiger partial charge in [-0.05, 0) is 37.8 Å². The van der Waals surface area contributed by atoms with E-state index in [0.717, 1.165) is 12.0 Å². The van der Waals surface area contributed by atoms with E-state index in [0.29, 0.717) is 18.2 Å². The van der Waals surface area contributed by atoms with E-state index in [-0.39, 0.29) is 0 Å². The number of alkyl carbamates (subject to hydrolysis) is 1. The van der Waals surface area contributed by atoms with Gasteiger partial charge in [0.15, 0.2) is 0 Å². The summed E-state index contributed by atoms with van der Waals surface area (Å²) in [5.41, 5.74) is 6.91. The summed E-state index contributed by atoms with van der Waals surface area (Å²) < 4.78 is 5.42. The number of hydrogen-bond donors (Lipinski definition) is 2. The number of para-hydroxylation sites is 1. The molecular formula is C15H24N2O2. The van der Waals surface area contributed by atoms with Gasteiger partial charge in [0, 0.05) is 12.2 Å². The minimum Gasteiger partial charge on any atom is -0.444 e. The molecule has 4 heteroatoms. The zero-order valence-electron chi connectivity index (χ0n) is 12.2. The summed E-state index contributed by atoms with van der Waals surface area (Å²) >= 11 is 0. The molecule has 3 N–H and O–H groups in total. The van der Waals surface area contributed by atoms with Gasteiger partial charge in [-0.25, -0.2) is 4.79 Å². The molecule has 0 bridgehead atoms. The Bertz CT molecular complexity index is 428. The molecule has 0 aliphatic rings. The average Bonchev–Trinajstić information content (AvgIpc) is 2.25. The number of nitrogens with two attached hydrogens (primary N) is 1. The number of ether oxygens (including phenoxy) is 1. The number of amides is 1. The highest BCUT2D eigenvalue weighted by Gasteiger charge is 2.23. The van der Waals surface area contributed by atoms with Crippen LogP contribution in [-0.2, 0) is 11.3 Å². The molecule has 0 aromatic heterocycles. The Morgan fingerprint density at radius 1 is 1.37 bits per heavy atom. The standard InChI is InChI=1S/C15H24N2O2/c1-11(2)9-15(3,4)19-14(18)17-10-12-7-5-6-8-13(12)16/h5-8,11H,9-10,16H2,1-4H3,(H,17,18). The fourth-order valence-electron chi connectivity index (χ4n) is 2.17. The highest BCUT2D eigenvalue weighted by atomic mass is 16.6. The van der Waals surface area contributed by atoms with E-state index in [1.807, 2.05) is 38.1 Å². The first-order valence-corrected chi connectivity index (χ1v) is 6.60. The van der Waals surface area contributed by atoms with Crippen LogP contribution >= 0.6 is 0 Å². The van der Waals surface area contributed by atoms with Crippen molar-refractivity contribution in [3.8, 4) is 0 Å². The van der Waals surface area contributed by atoms with Gasteiger partial charge in [0.2, 0.25) is 0 Å². The minimum absolute atomic E-state index is 0.378. The Morgan fingerprint density at radius 3 is 2.58 bits per heavy atom. The highest BCUT2D eigenvalue weighted by molar-refractivity contribution is 5.68. The van der Waals surface area contributed by atoms with Crippen LogP contribution in [-0.4, -0.2) is 11.7 Å². The maximum absolute atomic E-state index is 11.8. The van der Waals surface area contributed by atoms with Gasteiger partial charge in [0.1, 0.15) is 5.60 Å². The van der Waals surface area contributed by atoms with Crippen molar-refractivity contribution in [2.45, 2.75) is 46.3 Å². The third-order valence-corrected chi connectivity index (χ3v) is 2.75. The molecule has 0 unspecified atom stereocenters. The number of carbonyl (C=O) groups excluding carboxylic acids is 1. The average molecular weight is 264 g/mol. The van der Waals surface area contributed by atoms with Crippen molar-refractivity contribution in [2.75, 3.05) is 5.73 Å². The van der Waals surface area contributed by atoms with E-state index < -0.39 is 11.7 Å². The number of nitrogen functional groups attached to an aromatic ring is 1. The van der Waals surface area contributed by atoms with Crippen LogP contribution in [0, 0.1) is 5.92 Å². The molecule has 0 atom stereocenters. The van der Waals surface area contributed by atoms with Crippen LogP contribution < -0.4 is 11.1 Å². The normalized spacial score (nSPS) is 11.4. The van der Waals surface area contributed by atoms with Gasteiger partial charge in [-0.2, -0.15) is 0 Å². The smallest absolute Gasteiger partial charge is 0.407 e. The summed E-state index contributed by atoms with van der Waals surface area (Å²) in [6, 6.07) is 7.45. The van der Waals surface area contributed by atoms with Crippen molar-refractivity contribution in [1.29, 1.82) is 0 Å². The fraction of sp³-hybridized carbons (Fsp3) is 0.533. The van der Waals surface area contributed by atoms with Crippen LogP contribution in [0.2, 0.25) is 0 Å². The Balaban J connectivity index is 2.46. The highest BCUT2D eigenvalue weighted by Crippen LogP contribution is 2.20. The summed E-state index contributed by atoms with van der Waals surface area (Å²) in [4.78, 5) is 11.8. The van der Waals surface area contributed by atoms with Gasteiger partial charge in [-0.1, -0.05) is 32.0 Å². The Kier molecular flexibility index (Phi) is 5.21. The summed E-state index contributed by atoms with van der Waals surface area (Å²) in [5.74, 6) is 0.479. The lowest BCUT2D eigenvalue weighted by Crippen LogP contribution is -2.35. The third-order valence-electron chi connectivity index (χ3n) is 2.75. The molecule has 0 aliphatic heterocycles. The minimum atomic E-state index is -0.458. The Hall–Kier alpha value is -1.71. The molecule has 1 amide bonds. The second-order valence-electron chi connectivity index (χ2n) is 5.80. The van der Waals surface area contributed by atoms with Crippen LogP contribution in [0.5, 0.6) is 0 Å². The molecule has 1 aromatic carbocycles. The van der Waals surface area contributed by atoms with Crippen LogP contribution in [0.15, 0.2) is 24.3 Å². The van der Waals surface area contributed by atoms with E-state index >= 15 is 0 Å². The molecule has 0 aliphatic carbocycles. The maximum atomic E-state index is 11.8. The van der Waals surface area contributed by atoms with Crippen molar-refractivity contribution in [1.82, 2.24) is 5.32 Å². The predicted molar refractivity (Wildman–Crippen MR) is 77.7 cm³/mol. The van der Waals surface area contributed by atoms with Gasteiger partial charge >= 0.3 is 6.09 Å². The molecule has 0 radical (unpaired) electrons. The Labute approximate surface area is 115 Å². The molecule has 0 saturated carbocycles. The first-order valence-electron chi connectivity index (χ1n) is 6.60. The molecule has 1 rings (SSSR count). The zero-order valence-corrected chi connectivity index (χ0v) is 12.2. The molecule has 0 spiro atoms. The predicted octanol–water partition coefficient (Wildman–Crippen LogP) is 3.32. The summed E-state index contributed by atoms with van der Waals surface area (Å²) in [6.07, 6.45) is 0.419. The summed E-state index contributed by atoms with van der Waals surface area (Å²) in [7, 11) is 0. The van der Waals surface area contributed by atoms with Crippen molar-refractivity contribution >= 4 is 11.8 Å². The van der Waals surface area contributed by atoms with Crippen LogP contribution in [0.4, 0.5) is 10.5 Å². The van der Waals surface area contributed by atoms with Crippen molar-refractivity contribution in [3.63, 3.8) is 0 Å². The van der Waals surface area contributed by atoms with Crippen LogP contribution in [0.25, 0.3) is 0 Å². The van der Waals surface area contributed by atoms with Gasteiger partial charge in [-0.3, -0.25) is 0 Å². The van der Waals surface area contributed by atoms with Crippen LogP contribution in [0.3, 0.4) is 0 Å². The number of benzene rings is 1. The number of hydrogen-bond acceptors (Lipinski definition) is 3. The van der Waals surface area contributed by atoms with Crippen molar-refractivity contribution < 1.29 is 9.53 Å². The SMILES string of the molecule is CC(C)CC(C)(C)OC(=O)NCc1ccccc1N. The number of nitrogens with one attached hydrogen (secondary N) is 1. The second kappa shape index (κ2) is 6.45. The molecule has 19 heavy (non-hydrogen) atoms. The molecule has 4 nitrogen and oxygen atoms in total. The molecule has 0 fully saturated rings. The molecule has 106 valence electrons. The monoisotopic (exact) mass is 264 g/mol. The van der Waals surface area contributed by atoms with Gasteiger partial charge < -0.3 is 15.8 Å². The zero-order chi connectivity index (χ0) is 14.5. The lowest BCUT2D eigenvalue weighted by molar-refractivity contribution is 0.0239. The largest absolute Gasteiger partial charge is 0.444 e. The molecule has 0 saturated heterocycles. The van der Waals surface area contributed by atoms with Crippen molar-refractivity contribution in [2.24, 2.45) is 5.92 Å². The second-order valence-corrected chi connectivity index (χ2v) is 5.80. The summed E-state index contributed by atoms with van der Waals surface area (Å²) in [5, 5.41) is 2.73. The maximum Gasteiger partial charge on any atom is 0.407 e. The van der Waals surface area contributed by atoms with E-state index in [1.165, 1.54) is 0 Å². The number of rotatable bonds is 5. The molecular weight excluding hydrogens is 240 g/mol. The molecule has 0 heterocycles.